The van der Waals surface area contributed by atoms with Crippen molar-refractivity contribution in [2.45, 2.75) is 6.92 Å². The second-order valence-electron chi connectivity index (χ2n) is 5.11. The van der Waals surface area contributed by atoms with E-state index in [1.54, 1.807) is 30.5 Å². The third-order valence-corrected chi connectivity index (χ3v) is 3.41. The molecule has 0 unspecified atom stereocenters. The molecule has 0 atom stereocenters. The molecular weight excluding hydrogens is 288 g/mol. The van der Waals surface area contributed by atoms with Crippen LogP contribution in [-0.4, -0.2) is 15.9 Å². The van der Waals surface area contributed by atoms with Gasteiger partial charge in [-0.2, -0.15) is 5.26 Å². The van der Waals surface area contributed by atoms with Gasteiger partial charge in [0.15, 0.2) is 0 Å². The lowest BCUT2D eigenvalue weighted by Crippen LogP contribution is -2.11. The highest BCUT2D eigenvalue weighted by atomic mass is 16.1. The summed E-state index contributed by atoms with van der Waals surface area (Å²) in [7, 11) is 0. The third kappa shape index (κ3) is 3.27. The number of hydrogen-bond donors (Lipinski definition) is 2. The molecule has 2 aromatic carbocycles. The maximum absolute atomic E-state index is 12.2. The van der Waals surface area contributed by atoms with E-state index in [0.29, 0.717) is 16.8 Å². The lowest BCUT2D eigenvalue weighted by Gasteiger charge is -2.06. The molecule has 5 heteroatoms. The summed E-state index contributed by atoms with van der Waals surface area (Å²) >= 11 is 0. The summed E-state index contributed by atoms with van der Waals surface area (Å²) in [5, 5.41) is 11.7. The number of aryl methyl sites for hydroxylation is 1. The van der Waals surface area contributed by atoms with Crippen LogP contribution in [0.1, 0.15) is 21.7 Å². The van der Waals surface area contributed by atoms with Crippen molar-refractivity contribution in [3.63, 3.8) is 0 Å². The number of imidazole rings is 1. The van der Waals surface area contributed by atoms with Gasteiger partial charge >= 0.3 is 0 Å². The molecule has 0 saturated heterocycles. The second kappa shape index (κ2) is 6.16. The fraction of sp³-hybridized carbons (Fsp3) is 0.0556. The molecule has 5 nitrogen and oxygen atoms in total. The standard InChI is InChI=1S/C18H14N4O/c1-12-20-11-17(21-12)14-5-7-16(8-6-14)22-18(23)15-4-2-3-13(9-15)10-19/h2-9,11H,1H3,(H,20,21)(H,22,23). The van der Waals surface area contributed by atoms with Gasteiger partial charge in [-0.25, -0.2) is 4.98 Å². The lowest BCUT2D eigenvalue weighted by atomic mass is 10.1. The Bertz CT molecular complexity index is 888. The van der Waals surface area contributed by atoms with Crippen LogP contribution >= 0.6 is 0 Å². The van der Waals surface area contributed by atoms with Crippen LogP contribution in [0.5, 0.6) is 0 Å². The largest absolute Gasteiger partial charge is 0.342 e. The first-order chi connectivity index (χ1) is 11.2. The van der Waals surface area contributed by atoms with Gasteiger partial charge in [-0.1, -0.05) is 18.2 Å². The van der Waals surface area contributed by atoms with E-state index in [0.717, 1.165) is 17.1 Å². The maximum atomic E-state index is 12.2. The fourth-order valence-corrected chi connectivity index (χ4v) is 2.23. The van der Waals surface area contributed by atoms with Crippen molar-refractivity contribution >= 4 is 11.6 Å². The Morgan fingerprint density at radius 2 is 2.00 bits per heavy atom. The average Bonchev–Trinajstić information content (AvgIpc) is 3.02. The molecule has 0 aliphatic heterocycles. The number of anilines is 1. The number of aromatic nitrogens is 2. The molecule has 0 bridgehead atoms. The van der Waals surface area contributed by atoms with Crippen LogP contribution in [0.4, 0.5) is 5.69 Å². The number of carbonyl (C=O) groups is 1. The highest BCUT2D eigenvalue weighted by Crippen LogP contribution is 2.20. The summed E-state index contributed by atoms with van der Waals surface area (Å²) in [6, 6.07) is 16.1. The van der Waals surface area contributed by atoms with Gasteiger partial charge in [0.25, 0.3) is 5.91 Å². The van der Waals surface area contributed by atoms with Crippen molar-refractivity contribution in [2.75, 3.05) is 5.32 Å². The van der Waals surface area contributed by atoms with Crippen LogP contribution in [0.15, 0.2) is 54.7 Å². The smallest absolute Gasteiger partial charge is 0.255 e. The quantitative estimate of drug-likeness (QED) is 0.776. The van der Waals surface area contributed by atoms with Crippen molar-refractivity contribution < 1.29 is 4.79 Å². The SMILES string of the molecule is Cc1ncc(-c2ccc(NC(=O)c3cccc(C#N)c3)cc2)[nH]1. The number of nitriles is 1. The molecule has 2 N–H and O–H groups in total. The summed E-state index contributed by atoms with van der Waals surface area (Å²) in [5.41, 5.74) is 3.54. The molecule has 23 heavy (non-hydrogen) atoms. The molecule has 3 aromatic rings. The Morgan fingerprint density at radius 1 is 1.22 bits per heavy atom. The summed E-state index contributed by atoms with van der Waals surface area (Å²) in [6.45, 7) is 1.90. The first kappa shape index (κ1) is 14.5. The van der Waals surface area contributed by atoms with Crippen LogP contribution in [0.2, 0.25) is 0 Å². The second-order valence-corrected chi connectivity index (χ2v) is 5.11. The Morgan fingerprint density at radius 3 is 2.65 bits per heavy atom. The van der Waals surface area contributed by atoms with Gasteiger partial charge in [-0.3, -0.25) is 4.79 Å². The van der Waals surface area contributed by atoms with E-state index in [2.05, 4.69) is 15.3 Å². The number of aromatic amines is 1. The van der Waals surface area contributed by atoms with Crippen LogP contribution in [0, 0.1) is 18.3 Å². The minimum Gasteiger partial charge on any atom is -0.342 e. The van der Waals surface area contributed by atoms with Crippen LogP contribution in [-0.2, 0) is 0 Å². The molecule has 112 valence electrons. The number of amides is 1. The average molecular weight is 302 g/mol. The Hall–Kier alpha value is -3.39. The van der Waals surface area contributed by atoms with Gasteiger partial charge in [-0.05, 0) is 42.8 Å². The highest BCUT2D eigenvalue weighted by molar-refractivity contribution is 6.04. The number of nitrogens with one attached hydrogen (secondary N) is 2. The topological polar surface area (TPSA) is 81.6 Å². The number of nitrogens with zero attached hydrogens (tertiary/aromatic N) is 2. The van der Waals surface area contributed by atoms with Crippen LogP contribution in [0.25, 0.3) is 11.3 Å². The zero-order valence-electron chi connectivity index (χ0n) is 12.5. The predicted molar refractivity (Wildman–Crippen MR) is 87.9 cm³/mol. The number of hydrogen-bond acceptors (Lipinski definition) is 3. The van der Waals surface area contributed by atoms with E-state index in [-0.39, 0.29) is 5.91 Å². The first-order valence-electron chi connectivity index (χ1n) is 7.09. The summed E-state index contributed by atoms with van der Waals surface area (Å²) in [4.78, 5) is 19.5. The normalized spacial score (nSPS) is 10.1. The monoisotopic (exact) mass is 302 g/mol. The molecular formula is C18H14N4O. The molecule has 1 amide bonds. The van der Waals surface area contributed by atoms with Gasteiger partial charge in [0.2, 0.25) is 0 Å². The molecule has 0 saturated carbocycles. The minimum absolute atomic E-state index is 0.243. The lowest BCUT2D eigenvalue weighted by molar-refractivity contribution is 0.102. The molecule has 0 aliphatic rings. The van der Waals surface area contributed by atoms with Gasteiger partial charge in [0, 0.05) is 11.3 Å². The van der Waals surface area contributed by atoms with Crippen molar-refractivity contribution in [2.24, 2.45) is 0 Å². The van der Waals surface area contributed by atoms with Gasteiger partial charge in [-0.15, -0.1) is 0 Å². The Labute approximate surface area is 133 Å². The summed E-state index contributed by atoms with van der Waals surface area (Å²) < 4.78 is 0. The molecule has 3 rings (SSSR count). The number of benzene rings is 2. The van der Waals surface area contributed by atoms with E-state index in [1.807, 2.05) is 37.3 Å². The van der Waals surface area contributed by atoms with Crippen molar-refractivity contribution in [3.05, 3.63) is 71.7 Å². The number of H-pyrrole nitrogens is 1. The third-order valence-electron chi connectivity index (χ3n) is 3.41. The van der Waals surface area contributed by atoms with Gasteiger partial charge in [0.1, 0.15) is 5.82 Å². The van der Waals surface area contributed by atoms with E-state index in [1.165, 1.54) is 0 Å². The van der Waals surface area contributed by atoms with E-state index in [9.17, 15) is 4.79 Å². The number of carbonyl (C=O) groups excluding carboxylic acids is 1. The Balaban J connectivity index is 1.75. The molecule has 1 heterocycles. The van der Waals surface area contributed by atoms with Crippen molar-refractivity contribution in [1.82, 2.24) is 9.97 Å². The summed E-state index contributed by atoms with van der Waals surface area (Å²) in [5.74, 6) is 0.613. The molecule has 0 spiro atoms. The van der Waals surface area contributed by atoms with Crippen molar-refractivity contribution in [3.8, 4) is 17.3 Å². The van der Waals surface area contributed by atoms with Gasteiger partial charge in [0.05, 0.1) is 23.5 Å². The maximum Gasteiger partial charge on any atom is 0.255 e. The first-order valence-corrected chi connectivity index (χ1v) is 7.09. The minimum atomic E-state index is -0.243. The highest BCUT2D eigenvalue weighted by Gasteiger charge is 2.07. The van der Waals surface area contributed by atoms with Crippen molar-refractivity contribution in [1.29, 1.82) is 5.26 Å². The number of rotatable bonds is 3. The molecule has 1 aromatic heterocycles. The van der Waals surface area contributed by atoms with E-state index >= 15 is 0 Å². The zero-order valence-corrected chi connectivity index (χ0v) is 12.5. The molecule has 0 aliphatic carbocycles. The fourth-order valence-electron chi connectivity index (χ4n) is 2.23. The van der Waals surface area contributed by atoms with Crippen LogP contribution < -0.4 is 5.32 Å². The molecule has 0 radical (unpaired) electrons. The van der Waals surface area contributed by atoms with Crippen LogP contribution in [0.3, 0.4) is 0 Å². The van der Waals surface area contributed by atoms with E-state index < -0.39 is 0 Å². The molecule has 0 fully saturated rings. The Kier molecular flexibility index (Phi) is 3.89. The van der Waals surface area contributed by atoms with E-state index in [4.69, 9.17) is 5.26 Å². The van der Waals surface area contributed by atoms with Gasteiger partial charge < -0.3 is 10.3 Å². The zero-order chi connectivity index (χ0) is 16.2. The predicted octanol–water partition coefficient (Wildman–Crippen LogP) is 3.51. The summed E-state index contributed by atoms with van der Waals surface area (Å²) in [6.07, 6.45) is 1.77.